The Balaban J connectivity index is 2.22. The summed E-state index contributed by atoms with van der Waals surface area (Å²) in [5, 5.41) is 3.64. The average Bonchev–Trinajstić information content (AvgIpc) is 2.39. The van der Waals surface area contributed by atoms with Gasteiger partial charge in [0.25, 0.3) is 0 Å². The Morgan fingerprint density at radius 3 is 2.05 bits per heavy atom. The summed E-state index contributed by atoms with van der Waals surface area (Å²) >= 11 is 0. The highest BCUT2D eigenvalue weighted by Crippen LogP contribution is 2.28. The van der Waals surface area contributed by atoms with Crippen LogP contribution in [-0.4, -0.2) is 0 Å². The molecule has 0 amide bonds. The molecule has 2 rings (SSSR count). The highest BCUT2D eigenvalue weighted by Gasteiger charge is 2.21. The van der Waals surface area contributed by atoms with Crippen LogP contribution >= 0.6 is 0 Å². The second kappa shape index (κ2) is 5.70. The molecule has 0 saturated carbocycles. The molecule has 0 bridgehead atoms. The van der Waals surface area contributed by atoms with E-state index < -0.39 is 0 Å². The van der Waals surface area contributed by atoms with E-state index in [1.165, 1.54) is 22.4 Å². The highest BCUT2D eigenvalue weighted by molar-refractivity contribution is 5.50. The quantitative estimate of drug-likeness (QED) is 0.775. The van der Waals surface area contributed by atoms with Crippen LogP contribution in [0.15, 0.2) is 48.5 Å². The second-order valence-electron chi connectivity index (χ2n) is 6.34. The Morgan fingerprint density at radius 2 is 1.50 bits per heavy atom. The van der Waals surface area contributed by atoms with Crippen LogP contribution in [0, 0.1) is 6.92 Å². The van der Waals surface area contributed by atoms with Crippen molar-refractivity contribution < 1.29 is 0 Å². The van der Waals surface area contributed by atoms with Gasteiger partial charge in [-0.1, -0.05) is 50.2 Å². The largest absolute Gasteiger partial charge is 0.376 e. The smallest absolute Gasteiger partial charge is 0.0571 e. The molecule has 1 heteroatoms. The predicted octanol–water partition coefficient (Wildman–Crippen LogP) is 5.47. The summed E-state index contributed by atoms with van der Waals surface area (Å²) in [6.45, 7) is 11.1. The Bertz CT molecular complexity index is 565. The maximum Gasteiger partial charge on any atom is 0.0571 e. The molecular formula is C19H25N. The fraction of sp³-hybridized carbons (Fsp3) is 0.368. The van der Waals surface area contributed by atoms with Crippen LogP contribution in [0.5, 0.6) is 0 Å². The zero-order valence-corrected chi connectivity index (χ0v) is 13.2. The van der Waals surface area contributed by atoms with E-state index in [2.05, 4.69) is 88.5 Å². The van der Waals surface area contributed by atoms with E-state index in [4.69, 9.17) is 0 Å². The van der Waals surface area contributed by atoms with Crippen molar-refractivity contribution >= 4 is 5.69 Å². The van der Waals surface area contributed by atoms with Crippen molar-refractivity contribution in [2.75, 3.05) is 5.32 Å². The van der Waals surface area contributed by atoms with Gasteiger partial charge in [-0.15, -0.1) is 0 Å². The van der Waals surface area contributed by atoms with E-state index >= 15 is 0 Å². The lowest BCUT2D eigenvalue weighted by atomic mass is 9.90. The summed E-state index contributed by atoms with van der Waals surface area (Å²) in [6, 6.07) is 17.3. The third-order valence-corrected chi connectivity index (χ3v) is 3.85. The molecule has 106 valence electrons. The lowest BCUT2D eigenvalue weighted by Crippen LogP contribution is -2.28. The standard InChI is InChI=1S/C19H25N/c1-14(2)16-10-12-17(13-11-16)20-19(4,5)18-9-7-6-8-15(18)3/h6-14,20H,1-5H3. The first-order valence-electron chi connectivity index (χ1n) is 7.34. The maximum absolute atomic E-state index is 3.64. The molecule has 0 aromatic heterocycles. The molecule has 0 aliphatic heterocycles. The van der Waals surface area contributed by atoms with Crippen molar-refractivity contribution in [1.82, 2.24) is 0 Å². The summed E-state index contributed by atoms with van der Waals surface area (Å²) in [7, 11) is 0. The number of hydrogen-bond acceptors (Lipinski definition) is 1. The van der Waals surface area contributed by atoms with Crippen molar-refractivity contribution in [2.24, 2.45) is 0 Å². The molecule has 0 unspecified atom stereocenters. The van der Waals surface area contributed by atoms with Crippen LogP contribution in [-0.2, 0) is 5.54 Å². The Hall–Kier alpha value is -1.76. The van der Waals surface area contributed by atoms with Gasteiger partial charge in [0.1, 0.15) is 0 Å². The van der Waals surface area contributed by atoms with Crippen molar-refractivity contribution in [2.45, 2.75) is 46.1 Å². The SMILES string of the molecule is Cc1ccccc1C(C)(C)Nc1ccc(C(C)C)cc1. The van der Waals surface area contributed by atoms with Gasteiger partial charge in [0.15, 0.2) is 0 Å². The molecule has 2 aromatic carbocycles. The highest BCUT2D eigenvalue weighted by atomic mass is 15.0. The van der Waals surface area contributed by atoms with Gasteiger partial charge in [0, 0.05) is 5.69 Å². The molecule has 0 heterocycles. The minimum absolute atomic E-state index is 0.0787. The van der Waals surface area contributed by atoms with Gasteiger partial charge in [0.05, 0.1) is 5.54 Å². The first-order chi connectivity index (χ1) is 9.40. The lowest BCUT2D eigenvalue weighted by Gasteiger charge is -2.30. The monoisotopic (exact) mass is 267 g/mol. The number of rotatable bonds is 4. The van der Waals surface area contributed by atoms with Crippen molar-refractivity contribution in [3.05, 3.63) is 65.2 Å². The summed E-state index contributed by atoms with van der Waals surface area (Å²) in [6.07, 6.45) is 0. The summed E-state index contributed by atoms with van der Waals surface area (Å²) < 4.78 is 0. The molecule has 20 heavy (non-hydrogen) atoms. The number of nitrogens with one attached hydrogen (secondary N) is 1. The van der Waals surface area contributed by atoms with Crippen LogP contribution in [0.2, 0.25) is 0 Å². The number of aryl methyl sites for hydroxylation is 1. The molecule has 1 nitrogen and oxygen atoms in total. The molecule has 0 fully saturated rings. The molecule has 1 N–H and O–H groups in total. The van der Waals surface area contributed by atoms with Gasteiger partial charge >= 0.3 is 0 Å². The lowest BCUT2D eigenvalue weighted by molar-refractivity contribution is 0.605. The van der Waals surface area contributed by atoms with E-state index in [1.807, 2.05) is 0 Å². The van der Waals surface area contributed by atoms with Crippen LogP contribution in [0.3, 0.4) is 0 Å². The van der Waals surface area contributed by atoms with Gasteiger partial charge < -0.3 is 5.32 Å². The van der Waals surface area contributed by atoms with Crippen LogP contribution < -0.4 is 5.32 Å². The predicted molar refractivity (Wildman–Crippen MR) is 88.4 cm³/mol. The minimum atomic E-state index is -0.0787. The van der Waals surface area contributed by atoms with Crippen molar-refractivity contribution in [1.29, 1.82) is 0 Å². The number of anilines is 1. The van der Waals surface area contributed by atoms with Crippen LogP contribution in [0.4, 0.5) is 5.69 Å². The normalized spacial score (nSPS) is 11.7. The number of benzene rings is 2. The second-order valence-corrected chi connectivity index (χ2v) is 6.34. The van der Waals surface area contributed by atoms with E-state index in [0.29, 0.717) is 5.92 Å². The number of hydrogen-bond donors (Lipinski definition) is 1. The Morgan fingerprint density at radius 1 is 0.900 bits per heavy atom. The van der Waals surface area contributed by atoms with Gasteiger partial charge in [-0.25, -0.2) is 0 Å². The third kappa shape index (κ3) is 3.22. The van der Waals surface area contributed by atoms with Crippen LogP contribution in [0.25, 0.3) is 0 Å². The topological polar surface area (TPSA) is 12.0 Å². The zero-order valence-electron chi connectivity index (χ0n) is 13.2. The summed E-state index contributed by atoms with van der Waals surface area (Å²) in [5.74, 6) is 0.577. The molecular weight excluding hydrogens is 242 g/mol. The van der Waals surface area contributed by atoms with Gasteiger partial charge in [-0.05, 0) is 55.5 Å². The molecule has 0 spiro atoms. The van der Waals surface area contributed by atoms with Gasteiger partial charge in [-0.2, -0.15) is 0 Å². The maximum atomic E-state index is 3.64. The fourth-order valence-corrected chi connectivity index (χ4v) is 2.65. The van der Waals surface area contributed by atoms with Gasteiger partial charge in [-0.3, -0.25) is 0 Å². The molecule has 0 saturated heterocycles. The van der Waals surface area contributed by atoms with E-state index in [1.54, 1.807) is 0 Å². The Labute approximate surface area is 123 Å². The van der Waals surface area contributed by atoms with E-state index in [0.717, 1.165) is 0 Å². The first-order valence-corrected chi connectivity index (χ1v) is 7.34. The molecule has 0 atom stereocenters. The zero-order chi connectivity index (χ0) is 14.8. The van der Waals surface area contributed by atoms with E-state index in [-0.39, 0.29) is 5.54 Å². The van der Waals surface area contributed by atoms with Crippen molar-refractivity contribution in [3.8, 4) is 0 Å². The average molecular weight is 267 g/mol. The fourth-order valence-electron chi connectivity index (χ4n) is 2.65. The van der Waals surface area contributed by atoms with Gasteiger partial charge in [0.2, 0.25) is 0 Å². The van der Waals surface area contributed by atoms with Crippen LogP contribution in [0.1, 0.15) is 50.3 Å². The third-order valence-electron chi connectivity index (χ3n) is 3.85. The minimum Gasteiger partial charge on any atom is -0.376 e. The molecule has 2 aromatic rings. The van der Waals surface area contributed by atoms with E-state index in [9.17, 15) is 0 Å². The molecule has 0 aliphatic rings. The summed E-state index contributed by atoms with van der Waals surface area (Å²) in [4.78, 5) is 0. The molecule has 0 radical (unpaired) electrons. The molecule has 0 aliphatic carbocycles. The van der Waals surface area contributed by atoms with Crippen molar-refractivity contribution in [3.63, 3.8) is 0 Å². The Kier molecular flexibility index (Phi) is 4.17. The summed E-state index contributed by atoms with van der Waals surface area (Å²) in [5.41, 5.74) is 5.13. The first kappa shape index (κ1) is 14.6.